The summed E-state index contributed by atoms with van der Waals surface area (Å²) < 4.78 is 14.9. The standard InChI is InChI=1S/C11H18ClNOS/c1-2-5-10(12)6-3-4-7-11-8-9-15(14)13-11/h8-10H,2-7H2,1H3. The number of alkyl halides is 1. The van der Waals surface area contributed by atoms with Crippen molar-refractivity contribution in [3.8, 4) is 0 Å². The van der Waals surface area contributed by atoms with Crippen molar-refractivity contribution in [1.29, 1.82) is 0 Å². The highest BCUT2D eigenvalue weighted by Crippen LogP contribution is 2.15. The lowest BCUT2D eigenvalue weighted by atomic mass is 10.1. The highest BCUT2D eigenvalue weighted by molar-refractivity contribution is 7.87. The molecule has 0 aromatic rings. The number of allylic oxidation sites excluding steroid dienone is 1. The number of hydrogen-bond acceptors (Lipinski definition) is 1. The van der Waals surface area contributed by atoms with Gasteiger partial charge in [-0.1, -0.05) is 19.8 Å². The first kappa shape index (κ1) is 12.9. The average molecular weight is 248 g/mol. The zero-order valence-electron chi connectivity index (χ0n) is 9.12. The second-order valence-electron chi connectivity index (χ2n) is 3.79. The van der Waals surface area contributed by atoms with E-state index in [1.807, 2.05) is 6.08 Å². The van der Waals surface area contributed by atoms with E-state index in [0.717, 1.165) is 44.2 Å². The Morgan fingerprint density at radius 3 is 2.87 bits per heavy atom. The molecule has 4 heteroatoms. The topological polar surface area (TPSA) is 29.4 Å². The number of unbranched alkanes of at least 4 members (excludes halogenated alkanes) is 1. The molecule has 2 nitrogen and oxygen atoms in total. The molecule has 86 valence electrons. The second kappa shape index (κ2) is 7.18. The van der Waals surface area contributed by atoms with Crippen LogP contribution < -0.4 is 0 Å². The maximum absolute atomic E-state index is 10.9. The van der Waals surface area contributed by atoms with Gasteiger partial charge in [-0.3, -0.25) is 0 Å². The molecule has 1 aliphatic heterocycles. The Morgan fingerprint density at radius 1 is 1.47 bits per heavy atom. The van der Waals surface area contributed by atoms with Crippen LogP contribution in [0.4, 0.5) is 0 Å². The first-order valence-electron chi connectivity index (χ1n) is 5.53. The highest BCUT2D eigenvalue weighted by atomic mass is 35.5. The molecule has 1 rings (SSSR count). The third-order valence-corrected chi connectivity index (χ3v) is 3.61. The zero-order valence-corrected chi connectivity index (χ0v) is 10.7. The average Bonchev–Trinajstić information content (AvgIpc) is 2.60. The van der Waals surface area contributed by atoms with Crippen molar-refractivity contribution in [3.05, 3.63) is 11.5 Å². The summed E-state index contributed by atoms with van der Waals surface area (Å²) >= 11 is 6.11. The summed E-state index contributed by atoms with van der Waals surface area (Å²) in [6, 6.07) is 0. The van der Waals surface area contributed by atoms with E-state index in [0.29, 0.717) is 5.38 Å². The first-order chi connectivity index (χ1) is 7.22. The minimum Gasteiger partial charge on any atom is -0.230 e. The molecule has 1 heterocycles. The molecule has 1 aliphatic rings. The number of nitrogens with zero attached hydrogens (tertiary/aromatic N) is 1. The number of rotatable bonds is 7. The molecule has 0 spiro atoms. The molecule has 0 aromatic carbocycles. The van der Waals surface area contributed by atoms with Gasteiger partial charge >= 0.3 is 0 Å². The Hall–Kier alpha value is -0.150. The van der Waals surface area contributed by atoms with E-state index in [-0.39, 0.29) is 0 Å². The smallest absolute Gasteiger partial charge is 0.165 e. The largest absolute Gasteiger partial charge is 0.230 e. The van der Waals surface area contributed by atoms with Gasteiger partial charge in [0, 0.05) is 10.8 Å². The first-order valence-corrected chi connectivity index (χ1v) is 7.13. The highest BCUT2D eigenvalue weighted by Gasteiger charge is 2.06. The molecule has 0 aromatic heterocycles. The fraction of sp³-hybridized carbons (Fsp3) is 0.727. The quantitative estimate of drug-likeness (QED) is 0.499. The molecule has 0 bridgehead atoms. The van der Waals surface area contributed by atoms with Crippen molar-refractivity contribution in [1.82, 2.24) is 0 Å². The van der Waals surface area contributed by atoms with E-state index in [1.54, 1.807) is 5.41 Å². The Morgan fingerprint density at radius 2 is 2.27 bits per heavy atom. The third kappa shape index (κ3) is 5.47. The Balaban J connectivity index is 2.05. The SMILES string of the molecule is CCCC(Cl)CCCCC1=NS(=O)C=C1. The van der Waals surface area contributed by atoms with Crippen LogP contribution in [0, 0.1) is 0 Å². The van der Waals surface area contributed by atoms with Crippen molar-refractivity contribution in [2.75, 3.05) is 0 Å². The predicted octanol–water partition coefficient (Wildman–Crippen LogP) is 3.59. The van der Waals surface area contributed by atoms with Crippen molar-refractivity contribution in [2.24, 2.45) is 4.40 Å². The summed E-state index contributed by atoms with van der Waals surface area (Å²) in [4.78, 5) is 0. The van der Waals surface area contributed by atoms with Crippen LogP contribution >= 0.6 is 11.6 Å². The van der Waals surface area contributed by atoms with Gasteiger partial charge in [0.05, 0.1) is 5.71 Å². The van der Waals surface area contributed by atoms with Crippen LogP contribution in [-0.4, -0.2) is 15.3 Å². The molecule has 0 fully saturated rings. The van der Waals surface area contributed by atoms with Crippen LogP contribution in [0.5, 0.6) is 0 Å². The van der Waals surface area contributed by atoms with Gasteiger partial charge in [-0.15, -0.1) is 11.6 Å². The van der Waals surface area contributed by atoms with Crippen LogP contribution in [0.1, 0.15) is 45.4 Å². The van der Waals surface area contributed by atoms with Crippen LogP contribution in [-0.2, 0) is 11.0 Å². The molecule has 0 saturated heterocycles. The summed E-state index contributed by atoms with van der Waals surface area (Å²) in [5.74, 6) is 0. The van der Waals surface area contributed by atoms with Crippen LogP contribution in [0.3, 0.4) is 0 Å². The molecule has 0 amide bonds. The third-order valence-electron chi connectivity index (χ3n) is 2.39. The number of halogens is 1. The maximum atomic E-state index is 10.9. The summed E-state index contributed by atoms with van der Waals surface area (Å²) in [6.07, 6.45) is 8.35. The summed E-state index contributed by atoms with van der Waals surface area (Å²) in [6.45, 7) is 2.16. The van der Waals surface area contributed by atoms with Crippen LogP contribution in [0.25, 0.3) is 0 Å². The molecule has 0 saturated carbocycles. The van der Waals surface area contributed by atoms with E-state index in [9.17, 15) is 4.21 Å². The van der Waals surface area contributed by atoms with Crippen molar-refractivity contribution >= 4 is 28.3 Å². The molecule has 2 atom stereocenters. The summed E-state index contributed by atoms with van der Waals surface area (Å²) in [7, 11) is -1.09. The van der Waals surface area contributed by atoms with E-state index in [2.05, 4.69) is 11.3 Å². The van der Waals surface area contributed by atoms with Gasteiger partial charge in [-0.25, -0.2) is 4.21 Å². The summed E-state index contributed by atoms with van der Waals surface area (Å²) in [5, 5.41) is 1.96. The van der Waals surface area contributed by atoms with Gasteiger partial charge in [-0.2, -0.15) is 4.40 Å². The minimum atomic E-state index is -1.09. The van der Waals surface area contributed by atoms with Gasteiger partial charge < -0.3 is 0 Å². The molecule has 15 heavy (non-hydrogen) atoms. The zero-order chi connectivity index (χ0) is 11.1. The lowest BCUT2D eigenvalue weighted by molar-refractivity contribution is 0.623. The van der Waals surface area contributed by atoms with Gasteiger partial charge in [0.25, 0.3) is 0 Å². The normalized spacial score (nSPS) is 21.7. The molecule has 0 N–H and O–H groups in total. The van der Waals surface area contributed by atoms with Crippen molar-refractivity contribution in [3.63, 3.8) is 0 Å². The van der Waals surface area contributed by atoms with Crippen LogP contribution in [0.2, 0.25) is 0 Å². The maximum Gasteiger partial charge on any atom is 0.165 e. The van der Waals surface area contributed by atoms with Gasteiger partial charge in [0.2, 0.25) is 0 Å². The van der Waals surface area contributed by atoms with Crippen LogP contribution in [0.15, 0.2) is 15.9 Å². The van der Waals surface area contributed by atoms with E-state index >= 15 is 0 Å². The fourth-order valence-electron chi connectivity index (χ4n) is 1.57. The fourth-order valence-corrected chi connectivity index (χ4v) is 2.66. The van der Waals surface area contributed by atoms with Gasteiger partial charge in [0.15, 0.2) is 11.0 Å². The molecule has 0 radical (unpaired) electrons. The molecule has 2 unspecified atom stereocenters. The van der Waals surface area contributed by atoms with Crippen molar-refractivity contribution < 1.29 is 4.21 Å². The predicted molar refractivity (Wildman–Crippen MR) is 67.7 cm³/mol. The molecular formula is C11H18ClNOS. The number of hydrogen-bond donors (Lipinski definition) is 0. The second-order valence-corrected chi connectivity index (χ2v) is 5.42. The Kier molecular flexibility index (Phi) is 6.18. The lowest BCUT2D eigenvalue weighted by Gasteiger charge is -2.06. The van der Waals surface area contributed by atoms with E-state index in [1.165, 1.54) is 0 Å². The summed E-state index contributed by atoms with van der Waals surface area (Å²) in [5.41, 5.74) is 0.968. The Labute approximate surface area is 99.4 Å². The minimum absolute atomic E-state index is 0.324. The van der Waals surface area contributed by atoms with E-state index < -0.39 is 11.0 Å². The molecule has 0 aliphatic carbocycles. The Bertz CT molecular complexity index is 276. The lowest BCUT2D eigenvalue weighted by Crippen LogP contribution is -1.98. The van der Waals surface area contributed by atoms with Gasteiger partial charge in [0.1, 0.15) is 0 Å². The monoisotopic (exact) mass is 247 g/mol. The van der Waals surface area contributed by atoms with Crippen molar-refractivity contribution in [2.45, 2.75) is 50.8 Å². The van der Waals surface area contributed by atoms with E-state index in [4.69, 9.17) is 11.6 Å². The van der Waals surface area contributed by atoms with Gasteiger partial charge in [-0.05, 0) is 31.8 Å². The molecular weight excluding hydrogens is 230 g/mol.